The van der Waals surface area contributed by atoms with Gasteiger partial charge in [-0.15, -0.1) is 0 Å². The van der Waals surface area contributed by atoms with Gasteiger partial charge in [0.05, 0.1) is 11.3 Å². The van der Waals surface area contributed by atoms with Crippen molar-refractivity contribution in [2.24, 2.45) is 0 Å². The Hall–Kier alpha value is -1.95. The van der Waals surface area contributed by atoms with Crippen LogP contribution in [0.25, 0.3) is 0 Å². The minimum Gasteiger partial charge on any atom is -0.274 e. The van der Waals surface area contributed by atoms with Gasteiger partial charge in [-0.3, -0.25) is 9.36 Å². The van der Waals surface area contributed by atoms with E-state index < -0.39 is 9.84 Å². The van der Waals surface area contributed by atoms with E-state index in [1.807, 2.05) is 0 Å². The third-order valence-electron chi connectivity index (χ3n) is 2.81. The number of carbonyl (C=O) groups is 1. The number of hydrogen-bond acceptors (Lipinski definition) is 4. The molecule has 0 aliphatic heterocycles. The van der Waals surface area contributed by atoms with Crippen LogP contribution in [0.2, 0.25) is 0 Å². The molecule has 2 aromatic rings. The molecule has 2 rings (SSSR count). The lowest BCUT2D eigenvalue weighted by molar-refractivity contribution is 0.0911. The monoisotopic (exact) mass is 278 g/mol. The molecule has 6 heteroatoms. The second-order valence-electron chi connectivity index (χ2n) is 4.29. The Balaban J connectivity index is 2.35. The molecule has 0 fully saturated rings. The summed E-state index contributed by atoms with van der Waals surface area (Å²) < 4.78 is 24.7. The number of benzene rings is 1. The number of imidazole rings is 1. The number of rotatable bonds is 3. The maximum Gasteiger partial charge on any atom is 0.236 e. The zero-order valence-electron chi connectivity index (χ0n) is 10.7. The molecule has 5 nitrogen and oxygen atoms in total. The van der Waals surface area contributed by atoms with E-state index >= 15 is 0 Å². The first-order valence-corrected chi connectivity index (χ1v) is 7.60. The number of hydrogen-bond donors (Lipinski definition) is 0. The quantitative estimate of drug-likeness (QED) is 0.852. The van der Waals surface area contributed by atoms with Gasteiger partial charge < -0.3 is 0 Å². The second-order valence-corrected chi connectivity index (χ2v) is 6.28. The van der Waals surface area contributed by atoms with Gasteiger partial charge in [0.25, 0.3) is 0 Å². The normalized spacial score (nSPS) is 11.5. The number of aromatic nitrogens is 2. The highest BCUT2D eigenvalue weighted by Gasteiger charge is 2.16. The van der Waals surface area contributed by atoms with Crippen molar-refractivity contribution in [2.75, 3.05) is 6.26 Å². The molecule has 0 radical (unpaired) electrons. The SMILES string of the molecule is Cc1nccn1C(=O)Cc1ccccc1S(C)(=O)=O. The molecule has 0 aliphatic rings. The Morgan fingerprint density at radius 3 is 2.58 bits per heavy atom. The van der Waals surface area contributed by atoms with E-state index in [1.165, 1.54) is 16.8 Å². The number of carbonyl (C=O) groups excluding carboxylic acids is 1. The highest BCUT2D eigenvalue weighted by atomic mass is 32.2. The summed E-state index contributed by atoms with van der Waals surface area (Å²) in [5.74, 6) is 0.382. The zero-order chi connectivity index (χ0) is 14.0. The van der Waals surface area contributed by atoms with Crippen LogP contribution in [-0.2, 0) is 16.3 Å². The zero-order valence-corrected chi connectivity index (χ0v) is 11.5. The topological polar surface area (TPSA) is 69.0 Å². The predicted octanol–water partition coefficient (Wildman–Crippen LogP) is 1.48. The van der Waals surface area contributed by atoms with E-state index in [-0.39, 0.29) is 17.2 Å². The third-order valence-corrected chi connectivity index (χ3v) is 4.01. The van der Waals surface area contributed by atoms with Crippen LogP contribution < -0.4 is 0 Å². The van der Waals surface area contributed by atoms with Crippen LogP contribution in [0.1, 0.15) is 16.2 Å². The first-order chi connectivity index (χ1) is 8.89. The minimum absolute atomic E-state index is 0.0282. The fourth-order valence-electron chi connectivity index (χ4n) is 1.90. The molecule has 0 atom stereocenters. The fraction of sp³-hybridized carbons (Fsp3) is 0.231. The van der Waals surface area contributed by atoms with Crippen molar-refractivity contribution < 1.29 is 13.2 Å². The Bertz CT molecular complexity index is 717. The van der Waals surface area contributed by atoms with Crippen LogP contribution in [0.3, 0.4) is 0 Å². The van der Waals surface area contributed by atoms with Gasteiger partial charge >= 0.3 is 0 Å². The van der Waals surface area contributed by atoms with Crippen LogP contribution >= 0.6 is 0 Å². The van der Waals surface area contributed by atoms with Crippen molar-refractivity contribution in [3.8, 4) is 0 Å². The third kappa shape index (κ3) is 2.90. The summed E-state index contributed by atoms with van der Waals surface area (Å²) in [5.41, 5.74) is 0.503. The van der Waals surface area contributed by atoms with Crippen LogP contribution in [-0.4, -0.2) is 30.1 Å². The van der Waals surface area contributed by atoms with Gasteiger partial charge in [-0.25, -0.2) is 13.4 Å². The van der Waals surface area contributed by atoms with Crippen molar-refractivity contribution in [3.05, 3.63) is 48.0 Å². The van der Waals surface area contributed by atoms with Crippen molar-refractivity contribution in [1.82, 2.24) is 9.55 Å². The van der Waals surface area contributed by atoms with Gasteiger partial charge in [0.15, 0.2) is 9.84 Å². The van der Waals surface area contributed by atoms with E-state index in [2.05, 4.69) is 4.98 Å². The highest BCUT2D eigenvalue weighted by Crippen LogP contribution is 2.16. The largest absolute Gasteiger partial charge is 0.274 e. The molecule has 1 aromatic carbocycles. The van der Waals surface area contributed by atoms with Crippen LogP contribution in [0, 0.1) is 6.92 Å². The van der Waals surface area contributed by atoms with E-state index in [0.29, 0.717) is 11.4 Å². The van der Waals surface area contributed by atoms with Gasteiger partial charge in [0.2, 0.25) is 5.91 Å². The predicted molar refractivity (Wildman–Crippen MR) is 70.8 cm³/mol. The lowest BCUT2D eigenvalue weighted by Gasteiger charge is -2.08. The molecule has 0 unspecified atom stereocenters. The fourth-order valence-corrected chi connectivity index (χ4v) is 2.84. The molecular weight excluding hydrogens is 264 g/mol. The standard InChI is InChI=1S/C13H14N2O3S/c1-10-14-7-8-15(10)13(16)9-11-5-3-4-6-12(11)19(2,17)18/h3-8H,9H2,1-2H3. The maximum absolute atomic E-state index is 12.1. The number of aryl methyl sites for hydroxylation is 1. The lowest BCUT2D eigenvalue weighted by atomic mass is 10.1. The average Bonchev–Trinajstić information content (AvgIpc) is 2.75. The number of sulfone groups is 1. The highest BCUT2D eigenvalue weighted by molar-refractivity contribution is 7.90. The summed E-state index contributed by atoms with van der Waals surface area (Å²) in [6, 6.07) is 6.53. The molecule has 0 aliphatic carbocycles. The Morgan fingerprint density at radius 2 is 2.00 bits per heavy atom. The van der Waals surface area contributed by atoms with Crippen molar-refractivity contribution >= 4 is 15.7 Å². The number of nitrogens with zero attached hydrogens (tertiary/aromatic N) is 2. The molecule has 1 heterocycles. The van der Waals surface area contributed by atoms with E-state index in [1.54, 1.807) is 31.3 Å². The average molecular weight is 278 g/mol. The van der Waals surface area contributed by atoms with Crippen LogP contribution in [0.15, 0.2) is 41.6 Å². The summed E-state index contributed by atoms with van der Waals surface area (Å²) in [5, 5.41) is 0. The van der Waals surface area contributed by atoms with Gasteiger partial charge in [0.1, 0.15) is 5.82 Å². The molecule has 0 amide bonds. The van der Waals surface area contributed by atoms with E-state index in [4.69, 9.17) is 0 Å². The molecule has 0 bridgehead atoms. The van der Waals surface area contributed by atoms with Crippen LogP contribution in [0.4, 0.5) is 0 Å². The first-order valence-electron chi connectivity index (χ1n) is 5.70. The summed E-state index contributed by atoms with van der Waals surface area (Å²) >= 11 is 0. The lowest BCUT2D eigenvalue weighted by Crippen LogP contribution is -2.16. The molecule has 1 aromatic heterocycles. The van der Waals surface area contributed by atoms with Gasteiger partial charge in [-0.2, -0.15) is 0 Å². The van der Waals surface area contributed by atoms with Gasteiger partial charge in [-0.1, -0.05) is 18.2 Å². The smallest absolute Gasteiger partial charge is 0.236 e. The first kappa shape index (κ1) is 13.5. The van der Waals surface area contributed by atoms with Crippen molar-refractivity contribution in [1.29, 1.82) is 0 Å². The molecule has 19 heavy (non-hydrogen) atoms. The molecule has 100 valence electrons. The van der Waals surface area contributed by atoms with Crippen LogP contribution in [0.5, 0.6) is 0 Å². The Labute approximate surface area is 111 Å². The van der Waals surface area contributed by atoms with Gasteiger partial charge in [-0.05, 0) is 18.6 Å². The summed E-state index contributed by atoms with van der Waals surface area (Å²) in [6.07, 6.45) is 4.27. The second kappa shape index (κ2) is 4.97. The molecule has 0 saturated carbocycles. The Morgan fingerprint density at radius 1 is 1.32 bits per heavy atom. The van der Waals surface area contributed by atoms with E-state index in [9.17, 15) is 13.2 Å². The molecular formula is C13H14N2O3S. The molecule has 0 N–H and O–H groups in total. The van der Waals surface area contributed by atoms with Gasteiger partial charge in [0, 0.05) is 18.6 Å². The Kier molecular flexibility index (Phi) is 3.53. The van der Waals surface area contributed by atoms with E-state index in [0.717, 1.165) is 6.26 Å². The maximum atomic E-state index is 12.1. The minimum atomic E-state index is -3.34. The van der Waals surface area contributed by atoms with Crippen molar-refractivity contribution in [2.45, 2.75) is 18.2 Å². The molecule has 0 spiro atoms. The molecule has 0 saturated heterocycles. The van der Waals surface area contributed by atoms with Crippen molar-refractivity contribution in [3.63, 3.8) is 0 Å². The summed E-state index contributed by atoms with van der Waals surface area (Å²) in [7, 11) is -3.34. The summed E-state index contributed by atoms with van der Waals surface area (Å²) in [4.78, 5) is 16.3. The summed E-state index contributed by atoms with van der Waals surface area (Å²) in [6.45, 7) is 1.72.